The molecule has 1 N–H and O–H groups in total. The van der Waals surface area contributed by atoms with E-state index in [1.54, 1.807) is 11.8 Å². The van der Waals surface area contributed by atoms with E-state index in [4.69, 9.17) is 4.74 Å². The third kappa shape index (κ3) is 3.14. The first-order chi connectivity index (χ1) is 7.38. The second-order valence-corrected chi connectivity index (χ2v) is 4.67. The fourth-order valence-corrected chi connectivity index (χ4v) is 2.26. The van der Waals surface area contributed by atoms with Gasteiger partial charge in [0.2, 0.25) is 0 Å². The molecule has 1 fully saturated rings. The number of hydrogen-bond acceptors (Lipinski definition) is 3. The quantitative estimate of drug-likeness (QED) is 0.796. The fourth-order valence-electron chi connectivity index (χ4n) is 1.80. The number of thioether (sulfide) groups is 1. The van der Waals surface area contributed by atoms with Crippen molar-refractivity contribution in [2.75, 3.05) is 24.8 Å². The number of nitrogens with one attached hydrogen (secondary N) is 1. The number of rotatable bonds is 3. The van der Waals surface area contributed by atoms with Gasteiger partial charge in [0.1, 0.15) is 0 Å². The Kier molecular flexibility index (Phi) is 3.92. The minimum absolute atomic E-state index is 0.482. The average molecular weight is 223 g/mol. The summed E-state index contributed by atoms with van der Waals surface area (Å²) in [4.78, 5) is 1.30. The lowest BCUT2D eigenvalue weighted by Gasteiger charge is -2.24. The molecule has 3 heteroatoms. The standard InChI is InChI=1S/C12H17NOS/c1-15-12-6-2-4-10(8-12)13-11-5-3-7-14-9-11/h2,4,6,8,11,13H,3,5,7,9H2,1H3. The minimum Gasteiger partial charge on any atom is -0.380 e. The summed E-state index contributed by atoms with van der Waals surface area (Å²) in [6.45, 7) is 1.76. The first-order valence-electron chi connectivity index (χ1n) is 5.37. The first kappa shape index (κ1) is 10.8. The molecule has 2 rings (SSSR count). The van der Waals surface area contributed by atoms with Crippen molar-refractivity contribution in [1.82, 2.24) is 0 Å². The highest BCUT2D eigenvalue weighted by Crippen LogP contribution is 2.20. The molecule has 82 valence electrons. The third-order valence-corrected chi connectivity index (χ3v) is 3.33. The van der Waals surface area contributed by atoms with Crippen LogP contribution in [-0.2, 0) is 4.74 Å². The Hall–Kier alpha value is -0.670. The molecular weight excluding hydrogens is 206 g/mol. The van der Waals surface area contributed by atoms with E-state index in [0.29, 0.717) is 6.04 Å². The smallest absolute Gasteiger partial charge is 0.0667 e. The van der Waals surface area contributed by atoms with E-state index in [1.807, 2.05) is 0 Å². The van der Waals surface area contributed by atoms with Crippen LogP contribution in [0.4, 0.5) is 5.69 Å². The van der Waals surface area contributed by atoms with E-state index in [-0.39, 0.29) is 0 Å². The highest BCUT2D eigenvalue weighted by molar-refractivity contribution is 7.98. The summed E-state index contributed by atoms with van der Waals surface area (Å²) in [6, 6.07) is 9.02. The van der Waals surface area contributed by atoms with Gasteiger partial charge < -0.3 is 10.1 Å². The Labute approximate surface area is 95.4 Å². The van der Waals surface area contributed by atoms with Crippen molar-refractivity contribution in [2.45, 2.75) is 23.8 Å². The summed E-state index contributed by atoms with van der Waals surface area (Å²) < 4.78 is 5.44. The van der Waals surface area contributed by atoms with Crippen LogP contribution in [0.25, 0.3) is 0 Å². The Morgan fingerprint density at radius 2 is 2.40 bits per heavy atom. The first-order valence-corrected chi connectivity index (χ1v) is 6.59. The lowest BCUT2D eigenvalue weighted by molar-refractivity contribution is 0.0876. The fraction of sp³-hybridized carbons (Fsp3) is 0.500. The molecule has 0 spiro atoms. The Balaban J connectivity index is 1.96. The van der Waals surface area contributed by atoms with Gasteiger partial charge in [0, 0.05) is 23.2 Å². The van der Waals surface area contributed by atoms with Gasteiger partial charge in [-0.25, -0.2) is 0 Å². The van der Waals surface area contributed by atoms with Gasteiger partial charge in [0.25, 0.3) is 0 Å². The second-order valence-electron chi connectivity index (χ2n) is 3.79. The zero-order valence-electron chi connectivity index (χ0n) is 9.03. The molecule has 0 amide bonds. The predicted molar refractivity (Wildman–Crippen MR) is 65.7 cm³/mol. The maximum Gasteiger partial charge on any atom is 0.0667 e. The normalized spacial score (nSPS) is 21.3. The molecule has 2 nitrogen and oxygen atoms in total. The second kappa shape index (κ2) is 5.42. The summed E-state index contributed by atoms with van der Waals surface area (Å²) in [6.07, 6.45) is 4.48. The summed E-state index contributed by atoms with van der Waals surface area (Å²) >= 11 is 1.77. The zero-order valence-corrected chi connectivity index (χ0v) is 9.85. The number of benzene rings is 1. The monoisotopic (exact) mass is 223 g/mol. The van der Waals surface area contributed by atoms with Crippen molar-refractivity contribution in [3.05, 3.63) is 24.3 Å². The van der Waals surface area contributed by atoms with Crippen LogP contribution < -0.4 is 5.32 Å². The average Bonchev–Trinajstić information content (AvgIpc) is 2.31. The summed E-state index contributed by atoms with van der Waals surface area (Å²) in [7, 11) is 0. The lowest BCUT2D eigenvalue weighted by atomic mass is 10.1. The molecule has 0 saturated carbocycles. The Morgan fingerprint density at radius 1 is 1.47 bits per heavy atom. The van der Waals surface area contributed by atoms with E-state index in [1.165, 1.54) is 23.4 Å². The van der Waals surface area contributed by atoms with Crippen LogP contribution in [0.1, 0.15) is 12.8 Å². The molecule has 1 aromatic carbocycles. The van der Waals surface area contributed by atoms with E-state index in [2.05, 4.69) is 35.8 Å². The molecule has 15 heavy (non-hydrogen) atoms. The molecule has 0 radical (unpaired) electrons. The van der Waals surface area contributed by atoms with Crippen LogP contribution in [0.2, 0.25) is 0 Å². The molecular formula is C12H17NOS. The maximum atomic E-state index is 5.44. The maximum absolute atomic E-state index is 5.44. The molecule has 1 atom stereocenters. The molecule has 1 saturated heterocycles. The van der Waals surface area contributed by atoms with Crippen LogP contribution in [0.15, 0.2) is 29.2 Å². The van der Waals surface area contributed by atoms with Crippen LogP contribution in [-0.4, -0.2) is 25.5 Å². The van der Waals surface area contributed by atoms with Crippen molar-refractivity contribution in [2.24, 2.45) is 0 Å². The van der Waals surface area contributed by atoms with E-state index < -0.39 is 0 Å². The van der Waals surface area contributed by atoms with Gasteiger partial charge in [-0.05, 0) is 37.3 Å². The van der Waals surface area contributed by atoms with Crippen molar-refractivity contribution in [3.63, 3.8) is 0 Å². The van der Waals surface area contributed by atoms with Crippen molar-refractivity contribution in [1.29, 1.82) is 0 Å². The van der Waals surface area contributed by atoms with E-state index in [9.17, 15) is 0 Å². The summed E-state index contributed by atoms with van der Waals surface area (Å²) in [5.74, 6) is 0. The zero-order chi connectivity index (χ0) is 10.5. The van der Waals surface area contributed by atoms with Gasteiger partial charge >= 0.3 is 0 Å². The van der Waals surface area contributed by atoms with Gasteiger partial charge in [-0.1, -0.05) is 6.07 Å². The largest absolute Gasteiger partial charge is 0.380 e. The van der Waals surface area contributed by atoms with Crippen molar-refractivity contribution >= 4 is 17.4 Å². The number of hydrogen-bond donors (Lipinski definition) is 1. The van der Waals surface area contributed by atoms with Crippen molar-refractivity contribution in [3.8, 4) is 0 Å². The predicted octanol–water partition coefficient (Wildman–Crippen LogP) is 3.00. The SMILES string of the molecule is CSc1cccc(NC2CCCOC2)c1. The number of anilines is 1. The third-order valence-electron chi connectivity index (χ3n) is 2.60. The number of ether oxygens (including phenoxy) is 1. The molecule has 1 unspecified atom stereocenters. The van der Waals surface area contributed by atoms with Crippen LogP contribution in [0.3, 0.4) is 0 Å². The molecule has 1 heterocycles. The van der Waals surface area contributed by atoms with Gasteiger partial charge in [-0.3, -0.25) is 0 Å². The Morgan fingerprint density at radius 3 is 3.13 bits per heavy atom. The Bertz CT molecular complexity index is 310. The van der Waals surface area contributed by atoms with Gasteiger partial charge in [-0.2, -0.15) is 0 Å². The summed E-state index contributed by atoms with van der Waals surface area (Å²) in [5, 5.41) is 3.52. The molecule has 1 aliphatic heterocycles. The molecule has 1 aromatic rings. The lowest BCUT2D eigenvalue weighted by Crippen LogP contribution is -2.29. The minimum atomic E-state index is 0.482. The highest BCUT2D eigenvalue weighted by Gasteiger charge is 2.13. The van der Waals surface area contributed by atoms with Gasteiger partial charge in [-0.15, -0.1) is 11.8 Å². The summed E-state index contributed by atoms with van der Waals surface area (Å²) in [5.41, 5.74) is 1.21. The topological polar surface area (TPSA) is 21.3 Å². The van der Waals surface area contributed by atoms with E-state index in [0.717, 1.165) is 13.2 Å². The van der Waals surface area contributed by atoms with E-state index >= 15 is 0 Å². The van der Waals surface area contributed by atoms with Gasteiger partial charge in [0.15, 0.2) is 0 Å². The molecule has 0 aliphatic carbocycles. The van der Waals surface area contributed by atoms with Crippen LogP contribution in [0, 0.1) is 0 Å². The van der Waals surface area contributed by atoms with Crippen LogP contribution >= 0.6 is 11.8 Å². The van der Waals surface area contributed by atoms with Crippen LogP contribution in [0.5, 0.6) is 0 Å². The van der Waals surface area contributed by atoms with Crippen molar-refractivity contribution < 1.29 is 4.74 Å². The van der Waals surface area contributed by atoms with Gasteiger partial charge in [0.05, 0.1) is 6.61 Å². The molecule has 0 bridgehead atoms. The highest BCUT2D eigenvalue weighted by atomic mass is 32.2. The molecule has 0 aromatic heterocycles. The molecule has 1 aliphatic rings.